The summed E-state index contributed by atoms with van der Waals surface area (Å²) in [4.78, 5) is 26.7. The minimum Gasteiger partial charge on any atom is -0.455 e. The van der Waals surface area contributed by atoms with Gasteiger partial charge in [-0.3, -0.25) is 9.69 Å². The fraction of sp³-hybridized carbons (Fsp3) is 0.433. The van der Waals surface area contributed by atoms with E-state index in [1.807, 2.05) is 18.2 Å². The van der Waals surface area contributed by atoms with Crippen LogP contribution in [0, 0.1) is 0 Å². The molecule has 1 amide bonds. The molecule has 5 rings (SSSR count). The van der Waals surface area contributed by atoms with Gasteiger partial charge in [0.2, 0.25) is 0 Å². The summed E-state index contributed by atoms with van der Waals surface area (Å²) in [6, 6.07) is 15.9. The van der Waals surface area contributed by atoms with E-state index in [1.54, 1.807) is 13.2 Å². The topological polar surface area (TPSA) is 93.0 Å². The van der Waals surface area contributed by atoms with Gasteiger partial charge in [-0.25, -0.2) is 9.97 Å². The Morgan fingerprint density at radius 3 is 2.77 bits per heavy atom. The van der Waals surface area contributed by atoms with Gasteiger partial charge in [0, 0.05) is 59.1 Å². The molecule has 2 aromatic heterocycles. The van der Waals surface area contributed by atoms with E-state index in [9.17, 15) is 4.79 Å². The number of carbonyl (C=O) groups is 1. The van der Waals surface area contributed by atoms with Gasteiger partial charge in [-0.15, -0.1) is 0 Å². The number of thioether (sulfide) groups is 1. The van der Waals surface area contributed by atoms with Gasteiger partial charge in [0.15, 0.2) is 10.9 Å². The molecule has 1 unspecified atom stereocenters. The van der Waals surface area contributed by atoms with Gasteiger partial charge in [0.05, 0.1) is 24.2 Å². The second-order valence-corrected chi connectivity index (χ2v) is 10.9. The molecule has 4 heterocycles. The molecule has 10 heteroatoms. The van der Waals surface area contributed by atoms with Crippen molar-refractivity contribution in [2.75, 3.05) is 57.9 Å². The number of methoxy groups -OCH3 is 1. The van der Waals surface area contributed by atoms with E-state index in [-0.39, 0.29) is 12.0 Å². The number of benzene rings is 1. The summed E-state index contributed by atoms with van der Waals surface area (Å²) in [5.74, 6) is 2.22. The first-order valence-electron chi connectivity index (χ1n) is 13.8. The van der Waals surface area contributed by atoms with Crippen LogP contribution in [0.25, 0.3) is 6.08 Å². The number of furan rings is 1. The van der Waals surface area contributed by atoms with Gasteiger partial charge in [-0.2, -0.15) is 0 Å². The molecule has 2 aliphatic rings. The summed E-state index contributed by atoms with van der Waals surface area (Å²) < 4.78 is 16.7. The predicted octanol–water partition coefficient (Wildman–Crippen LogP) is 4.25. The molecule has 1 aromatic carbocycles. The number of ether oxygens (including phenoxy) is 2. The largest absolute Gasteiger partial charge is 0.455 e. The minimum absolute atomic E-state index is 0.0964. The third kappa shape index (κ3) is 8.17. The fourth-order valence-electron chi connectivity index (χ4n) is 4.78. The molecule has 2 fully saturated rings. The van der Waals surface area contributed by atoms with E-state index in [0.717, 1.165) is 63.7 Å². The number of hydrogen-bond acceptors (Lipinski definition) is 9. The van der Waals surface area contributed by atoms with Gasteiger partial charge in [0.25, 0.3) is 5.91 Å². The summed E-state index contributed by atoms with van der Waals surface area (Å²) in [5, 5.41) is 3.56. The Labute approximate surface area is 239 Å². The molecular weight excluding hydrogens is 526 g/mol. The van der Waals surface area contributed by atoms with E-state index in [2.05, 4.69) is 56.5 Å². The number of amides is 1. The van der Waals surface area contributed by atoms with Crippen molar-refractivity contribution in [3.05, 3.63) is 77.4 Å². The zero-order valence-electron chi connectivity index (χ0n) is 23.0. The van der Waals surface area contributed by atoms with E-state index >= 15 is 0 Å². The molecule has 0 bridgehead atoms. The lowest BCUT2D eigenvalue weighted by Gasteiger charge is -2.35. The number of carbonyl (C=O) groups excluding carboxylic acids is 1. The Balaban J connectivity index is 1.14. The van der Waals surface area contributed by atoms with Gasteiger partial charge >= 0.3 is 0 Å². The number of rotatable bonds is 12. The van der Waals surface area contributed by atoms with Crippen LogP contribution < -0.4 is 10.2 Å². The standard InChI is InChI=1S/C30H37N5O4S/c1-37-21-24-19-28(35-16-14-34(15-17-35)13-5-9-23-7-3-2-4-8-23)33-30(32-24)40-22-26-11-12-27(39-26)29(36)31-20-25-10-6-18-38-25/h2-5,7-9,11-12,19,25H,6,10,13-18,20-22H2,1H3,(H,31,36)/b9-5+. The third-order valence-electron chi connectivity index (χ3n) is 6.95. The summed E-state index contributed by atoms with van der Waals surface area (Å²) >= 11 is 1.49. The highest BCUT2D eigenvalue weighted by molar-refractivity contribution is 7.98. The van der Waals surface area contributed by atoms with E-state index < -0.39 is 0 Å². The molecule has 9 nitrogen and oxygen atoms in total. The molecule has 1 N–H and O–H groups in total. The zero-order chi connectivity index (χ0) is 27.6. The lowest BCUT2D eigenvalue weighted by Crippen LogP contribution is -2.46. The Kier molecular flexibility index (Phi) is 10.2. The molecule has 1 atom stereocenters. The highest BCUT2D eigenvalue weighted by Gasteiger charge is 2.20. The van der Waals surface area contributed by atoms with Crippen LogP contribution in [0.2, 0.25) is 0 Å². The fourth-order valence-corrected chi connectivity index (χ4v) is 5.55. The molecule has 0 saturated carbocycles. The number of hydrogen-bond donors (Lipinski definition) is 1. The molecule has 2 saturated heterocycles. The molecule has 0 radical (unpaired) electrons. The zero-order valence-corrected chi connectivity index (χ0v) is 23.8. The van der Waals surface area contributed by atoms with Crippen LogP contribution in [0.15, 0.2) is 64.2 Å². The van der Waals surface area contributed by atoms with Crippen molar-refractivity contribution >= 4 is 29.6 Å². The van der Waals surface area contributed by atoms with Crippen LogP contribution in [0.5, 0.6) is 0 Å². The summed E-state index contributed by atoms with van der Waals surface area (Å²) in [5.41, 5.74) is 2.07. The number of nitrogens with one attached hydrogen (secondary N) is 1. The number of anilines is 1. The monoisotopic (exact) mass is 563 g/mol. The van der Waals surface area contributed by atoms with Crippen molar-refractivity contribution < 1.29 is 18.7 Å². The van der Waals surface area contributed by atoms with Crippen LogP contribution in [0.3, 0.4) is 0 Å². The number of piperazine rings is 1. The Morgan fingerprint density at radius 1 is 1.15 bits per heavy atom. The van der Waals surface area contributed by atoms with Crippen molar-refractivity contribution in [2.24, 2.45) is 0 Å². The lowest BCUT2D eigenvalue weighted by atomic mass is 10.2. The van der Waals surface area contributed by atoms with Gasteiger partial charge < -0.3 is 24.1 Å². The summed E-state index contributed by atoms with van der Waals surface area (Å²) in [6.07, 6.45) is 6.53. The van der Waals surface area contributed by atoms with Crippen molar-refractivity contribution in [1.29, 1.82) is 0 Å². The lowest BCUT2D eigenvalue weighted by molar-refractivity contribution is 0.0834. The molecule has 3 aromatic rings. The molecule has 0 spiro atoms. The average Bonchev–Trinajstić information content (AvgIpc) is 3.69. The van der Waals surface area contributed by atoms with Crippen LogP contribution in [0.4, 0.5) is 5.82 Å². The first-order chi connectivity index (χ1) is 19.7. The van der Waals surface area contributed by atoms with Crippen molar-refractivity contribution in [3.8, 4) is 0 Å². The highest BCUT2D eigenvalue weighted by atomic mass is 32.2. The van der Waals surface area contributed by atoms with Crippen LogP contribution in [-0.2, 0) is 21.8 Å². The SMILES string of the molecule is COCc1cc(N2CCN(C/C=C/c3ccccc3)CC2)nc(SCc2ccc(C(=O)NCC3CCCO3)o2)n1. The van der Waals surface area contributed by atoms with Crippen LogP contribution in [-0.4, -0.2) is 79.9 Å². The second kappa shape index (κ2) is 14.5. The Hall–Kier alpha value is -3.18. The highest BCUT2D eigenvalue weighted by Crippen LogP contribution is 2.25. The Morgan fingerprint density at radius 2 is 2.00 bits per heavy atom. The first kappa shape index (κ1) is 28.4. The van der Waals surface area contributed by atoms with E-state index in [1.165, 1.54) is 17.3 Å². The number of aromatic nitrogens is 2. The van der Waals surface area contributed by atoms with Crippen LogP contribution >= 0.6 is 11.8 Å². The van der Waals surface area contributed by atoms with Gasteiger partial charge in [-0.1, -0.05) is 54.2 Å². The van der Waals surface area contributed by atoms with Crippen LogP contribution in [0.1, 0.15) is 40.4 Å². The maximum atomic E-state index is 12.5. The normalized spacial score (nSPS) is 18.0. The molecule has 212 valence electrons. The predicted molar refractivity (Wildman–Crippen MR) is 156 cm³/mol. The maximum Gasteiger partial charge on any atom is 0.287 e. The minimum atomic E-state index is -0.220. The maximum absolute atomic E-state index is 12.5. The molecular formula is C30H37N5O4S. The quantitative estimate of drug-likeness (QED) is 0.256. The van der Waals surface area contributed by atoms with E-state index in [4.69, 9.17) is 18.9 Å². The average molecular weight is 564 g/mol. The van der Waals surface area contributed by atoms with Crippen molar-refractivity contribution in [2.45, 2.75) is 36.5 Å². The van der Waals surface area contributed by atoms with Gasteiger partial charge in [0.1, 0.15) is 11.6 Å². The summed E-state index contributed by atoms with van der Waals surface area (Å²) in [6.45, 7) is 6.35. The molecule has 0 aliphatic carbocycles. The Bertz CT molecular complexity index is 1250. The van der Waals surface area contributed by atoms with Gasteiger partial charge in [-0.05, 0) is 30.5 Å². The van der Waals surface area contributed by atoms with Crippen molar-refractivity contribution in [1.82, 2.24) is 20.2 Å². The second-order valence-electron chi connectivity index (χ2n) is 9.93. The smallest absolute Gasteiger partial charge is 0.287 e. The third-order valence-corrected chi connectivity index (χ3v) is 7.82. The first-order valence-corrected chi connectivity index (χ1v) is 14.8. The molecule has 2 aliphatic heterocycles. The summed E-state index contributed by atoms with van der Waals surface area (Å²) in [7, 11) is 1.67. The molecule has 40 heavy (non-hydrogen) atoms. The van der Waals surface area contributed by atoms with Crippen molar-refractivity contribution in [3.63, 3.8) is 0 Å². The number of nitrogens with zero attached hydrogens (tertiary/aromatic N) is 4. The van der Waals surface area contributed by atoms with E-state index in [0.29, 0.717) is 35.6 Å².